The van der Waals surface area contributed by atoms with Gasteiger partial charge in [0.2, 0.25) is 0 Å². The van der Waals surface area contributed by atoms with Gasteiger partial charge in [0.15, 0.2) is 23.2 Å². The normalized spacial score (nSPS) is 24.5. The van der Waals surface area contributed by atoms with Crippen LogP contribution in [0.15, 0.2) is 30.3 Å². The summed E-state index contributed by atoms with van der Waals surface area (Å²) < 4.78 is 60.5. The summed E-state index contributed by atoms with van der Waals surface area (Å²) in [6.45, 7) is 2.67. The molecule has 0 aromatic heterocycles. The zero-order valence-corrected chi connectivity index (χ0v) is 21.0. The van der Waals surface area contributed by atoms with E-state index in [9.17, 15) is 9.18 Å². The second-order valence-corrected chi connectivity index (χ2v) is 9.95. The molecule has 2 aliphatic carbocycles. The molecule has 0 atom stereocenters. The van der Waals surface area contributed by atoms with Gasteiger partial charge in [0.05, 0.1) is 18.6 Å². The number of hydrogen-bond acceptors (Lipinski definition) is 4. The molecule has 2 aromatic carbocycles. The molecule has 0 N–H and O–H groups in total. The Bertz CT molecular complexity index is 1040. The molecule has 0 radical (unpaired) electrons. The van der Waals surface area contributed by atoms with Crippen molar-refractivity contribution in [2.75, 3.05) is 13.7 Å². The maximum absolute atomic E-state index is 15.1. The van der Waals surface area contributed by atoms with Crippen LogP contribution >= 0.6 is 0 Å². The first-order valence-electron chi connectivity index (χ1n) is 13.0. The molecule has 0 aliphatic heterocycles. The lowest BCUT2D eigenvalue weighted by Crippen LogP contribution is -2.26. The average molecular weight is 505 g/mol. The monoisotopic (exact) mass is 504 g/mol. The lowest BCUT2D eigenvalue weighted by atomic mass is 9.77. The van der Waals surface area contributed by atoms with Gasteiger partial charge in [0.1, 0.15) is 0 Å². The Hall–Kier alpha value is -2.38. The molecule has 2 saturated carbocycles. The minimum atomic E-state index is -0.762. The molecule has 7 heteroatoms. The summed E-state index contributed by atoms with van der Waals surface area (Å²) in [4.78, 5) is 12.6. The van der Waals surface area contributed by atoms with Gasteiger partial charge in [-0.2, -0.15) is 0 Å². The van der Waals surface area contributed by atoms with Crippen LogP contribution in [0.3, 0.4) is 0 Å². The number of benzene rings is 2. The number of hydrogen-bond donors (Lipinski definition) is 0. The molecule has 36 heavy (non-hydrogen) atoms. The molecule has 0 bridgehead atoms. The van der Waals surface area contributed by atoms with Crippen molar-refractivity contribution in [3.05, 3.63) is 64.5 Å². The first-order chi connectivity index (χ1) is 17.4. The Labute approximate surface area is 211 Å². The molecule has 0 heterocycles. The van der Waals surface area contributed by atoms with E-state index >= 15 is 8.78 Å². The Kier molecular flexibility index (Phi) is 9.07. The van der Waals surface area contributed by atoms with E-state index in [1.165, 1.54) is 12.1 Å². The Balaban J connectivity index is 1.34. The fourth-order valence-corrected chi connectivity index (χ4v) is 5.59. The van der Waals surface area contributed by atoms with Gasteiger partial charge in [0, 0.05) is 13.7 Å². The van der Waals surface area contributed by atoms with Gasteiger partial charge in [0.25, 0.3) is 0 Å². The second kappa shape index (κ2) is 12.2. The van der Waals surface area contributed by atoms with Gasteiger partial charge in [-0.15, -0.1) is 0 Å². The van der Waals surface area contributed by atoms with Crippen LogP contribution in [0.2, 0.25) is 0 Å². The van der Waals surface area contributed by atoms with Crippen molar-refractivity contribution >= 4 is 5.97 Å². The third-order valence-electron chi connectivity index (χ3n) is 7.77. The predicted molar refractivity (Wildman–Crippen MR) is 130 cm³/mol. The lowest BCUT2D eigenvalue weighted by Gasteiger charge is -2.30. The summed E-state index contributed by atoms with van der Waals surface area (Å²) in [5, 5.41) is 0. The van der Waals surface area contributed by atoms with Crippen LogP contribution in [-0.4, -0.2) is 25.8 Å². The average Bonchev–Trinajstić information content (AvgIpc) is 2.90. The summed E-state index contributed by atoms with van der Waals surface area (Å²) >= 11 is 0. The van der Waals surface area contributed by atoms with Crippen molar-refractivity contribution < 1.29 is 32.2 Å². The van der Waals surface area contributed by atoms with E-state index in [2.05, 4.69) is 0 Å². The minimum Gasteiger partial charge on any atom is -0.423 e. The number of ether oxygens (including phenoxy) is 3. The third kappa shape index (κ3) is 6.12. The molecule has 0 saturated heterocycles. The minimum absolute atomic E-state index is 0.0130. The van der Waals surface area contributed by atoms with Gasteiger partial charge < -0.3 is 14.2 Å². The fraction of sp³-hybridized carbons (Fsp3) is 0.552. The summed E-state index contributed by atoms with van der Waals surface area (Å²) in [5.41, 5.74) is 1.50. The summed E-state index contributed by atoms with van der Waals surface area (Å²) in [6.07, 6.45) is 5.54. The fourth-order valence-electron chi connectivity index (χ4n) is 5.59. The Morgan fingerprint density at radius 1 is 0.861 bits per heavy atom. The van der Waals surface area contributed by atoms with Crippen molar-refractivity contribution in [3.8, 4) is 5.75 Å². The van der Waals surface area contributed by atoms with Crippen LogP contribution in [0.4, 0.5) is 13.2 Å². The highest BCUT2D eigenvalue weighted by Gasteiger charge is 2.32. The van der Waals surface area contributed by atoms with Gasteiger partial charge >= 0.3 is 5.97 Å². The van der Waals surface area contributed by atoms with Crippen LogP contribution < -0.4 is 4.74 Å². The van der Waals surface area contributed by atoms with Crippen LogP contribution in [0.5, 0.6) is 5.75 Å². The standard InChI is InChI=1S/C29H35F3O4/c1-3-35-17-18-4-15-26(25(30)16-18)36-29(33)21-7-5-19(6-8-21)23-13-14-24(28(32)27(23)31)20-9-11-22(34-2)12-10-20/h4,13-16,19-22H,3,5-12,17H2,1-2H3. The Morgan fingerprint density at radius 3 is 1.97 bits per heavy atom. The molecule has 4 rings (SSSR count). The molecule has 2 aromatic rings. The zero-order chi connectivity index (χ0) is 25.7. The van der Waals surface area contributed by atoms with Crippen molar-refractivity contribution in [1.29, 1.82) is 0 Å². The largest absolute Gasteiger partial charge is 0.423 e. The van der Waals surface area contributed by atoms with Crippen molar-refractivity contribution in [2.45, 2.75) is 82.8 Å². The SMILES string of the molecule is CCOCc1ccc(OC(=O)C2CCC(c3ccc(C4CCC(OC)CC4)c(F)c3F)CC2)c(F)c1. The Morgan fingerprint density at radius 2 is 1.44 bits per heavy atom. The van der Waals surface area contributed by atoms with Crippen molar-refractivity contribution in [1.82, 2.24) is 0 Å². The number of rotatable bonds is 8. The molecule has 0 spiro atoms. The van der Waals surface area contributed by atoms with E-state index in [1.807, 2.05) is 6.92 Å². The van der Waals surface area contributed by atoms with Crippen LogP contribution in [-0.2, 0) is 20.9 Å². The van der Waals surface area contributed by atoms with Gasteiger partial charge in [-0.25, -0.2) is 13.2 Å². The number of halogens is 3. The van der Waals surface area contributed by atoms with Crippen LogP contribution in [0.1, 0.15) is 86.8 Å². The van der Waals surface area contributed by atoms with E-state index in [4.69, 9.17) is 14.2 Å². The first-order valence-corrected chi connectivity index (χ1v) is 13.0. The van der Waals surface area contributed by atoms with Crippen LogP contribution in [0.25, 0.3) is 0 Å². The highest BCUT2D eigenvalue weighted by Crippen LogP contribution is 2.41. The third-order valence-corrected chi connectivity index (χ3v) is 7.77. The van der Waals surface area contributed by atoms with E-state index in [0.29, 0.717) is 55.6 Å². The number of carbonyl (C=O) groups excluding carboxylic acids is 1. The van der Waals surface area contributed by atoms with E-state index in [1.54, 1.807) is 25.3 Å². The topological polar surface area (TPSA) is 44.8 Å². The molecule has 0 amide bonds. The maximum Gasteiger partial charge on any atom is 0.314 e. The first kappa shape index (κ1) is 26.7. The summed E-state index contributed by atoms with van der Waals surface area (Å²) in [6, 6.07) is 7.87. The quantitative estimate of drug-likeness (QED) is 0.282. The highest BCUT2D eigenvalue weighted by molar-refractivity contribution is 5.75. The zero-order valence-electron chi connectivity index (χ0n) is 21.0. The van der Waals surface area contributed by atoms with Gasteiger partial charge in [-0.05, 0) is 98.9 Å². The molecule has 2 fully saturated rings. The molecular formula is C29H35F3O4. The van der Waals surface area contributed by atoms with Gasteiger partial charge in [-0.1, -0.05) is 18.2 Å². The smallest absolute Gasteiger partial charge is 0.314 e. The summed E-state index contributed by atoms with van der Waals surface area (Å²) in [5.74, 6) is -3.24. The number of methoxy groups -OCH3 is 1. The lowest BCUT2D eigenvalue weighted by molar-refractivity contribution is -0.140. The molecule has 2 aliphatic rings. The molecule has 0 unspecified atom stereocenters. The number of esters is 1. The van der Waals surface area contributed by atoms with Crippen molar-refractivity contribution in [3.63, 3.8) is 0 Å². The predicted octanol–water partition coefficient (Wildman–Crippen LogP) is 7.19. The second-order valence-electron chi connectivity index (χ2n) is 9.95. The van der Waals surface area contributed by atoms with Crippen LogP contribution in [0, 0.1) is 23.4 Å². The van der Waals surface area contributed by atoms with E-state index < -0.39 is 29.3 Å². The highest BCUT2D eigenvalue weighted by atomic mass is 19.2. The molecule has 196 valence electrons. The van der Waals surface area contributed by atoms with E-state index in [-0.39, 0.29) is 23.7 Å². The number of carbonyl (C=O) groups is 1. The summed E-state index contributed by atoms with van der Waals surface area (Å²) in [7, 11) is 1.69. The molecular weight excluding hydrogens is 469 g/mol. The van der Waals surface area contributed by atoms with Crippen molar-refractivity contribution in [2.24, 2.45) is 5.92 Å². The maximum atomic E-state index is 15.1. The molecule has 4 nitrogen and oxygen atoms in total. The van der Waals surface area contributed by atoms with Gasteiger partial charge in [-0.3, -0.25) is 4.79 Å². The van der Waals surface area contributed by atoms with E-state index in [0.717, 1.165) is 25.7 Å².